The van der Waals surface area contributed by atoms with E-state index in [-0.39, 0.29) is 41.4 Å². The van der Waals surface area contributed by atoms with Crippen LogP contribution in [0.1, 0.15) is 27.4 Å². The summed E-state index contributed by atoms with van der Waals surface area (Å²) in [5.74, 6) is 0.134. The summed E-state index contributed by atoms with van der Waals surface area (Å²) in [5, 5.41) is 2.86. The maximum atomic E-state index is 12.5. The standard InChI is InChI=1S/C18H20N2O3S/c1-10-3-6-13(24-10)16(21)19-7-2-8-20-17(22)14-11-4-5-12(9-11)15(14)18(20)23/h3-6,11-12,14-15H,2,7-9H2,1H3,(H,19,21)/t11-,12-,14+,15+/m0/s1. The first-order valence-corrected chi connectivity index (χ1v) is 9.26. The zero-order chi connectivity index (χ0) is 16.8. The Morgan fingerprint density at radius 3 is 2.46 bits per heavy atom. The average Bonchev–Trinajstić information content (AvgIpc) is 3.31. The Morgan fingerprint density at radius 1 is 1.21 bits per heavy atom. The Kier molecular flexibility index (Phi) is 3.79. The second kappa shape index (κ2) is 5.84. The second-order valence-corrected chi connectivity index (χ2v) is 8.14. The number of amides is 3. The molecule has 1 N–H and O–H groups in total. The second-order valence-electron chi connectivity index (χ2n) is 6.85. The molecule has 1 aromatic rings. The van der Waals surface area contributed by atoms with Gasteiger partial charge in [0, 0.05) is 18.0 Å². The van der Waals surface area contributed by atoms with E-state index in [1.54, 1.807) is 0 Å². The van der Waals surface area contributed by atoms with Crippen molar-refractivity contribution in [2.75, 3.05) is 13.1 Å². The van der Waals surface area contributed by atoms with Gasteiger partial charge in [0.15, 0.2) is 0 Å². The Labute approximate surface area is 144 Å². The molecule has 6 heteroatoms. The average molecular weight is 344 g/mol. The van der Waals surface area contributed by atoms with Crippen molar-refractivity contribution in [2.24, 2.45) is 23.7 Å². The first-order chi connectivity index (χ1) is 11.6. The third kappa shape index (κ3) is 2.40. The summed E-state index contributed by atoms with van der Waals surface area (Å²) in [6.07, 6.45) is 5.75. The van der Waals surface area contributed by atoms with Gasteiger partial charge in [-0.1, -0.05) is 12.2 Å². The summed E-state index contributed by atoms with van der Waals surface area (Å²) < 4.78 is 0. The fourth-order valence-electron chi connectivity index (χ4n) is 4.27. The van der Waals surface area contributed by atoms with E-state index < -0.39 is 0 Å². The van der Waals surface area contributed by atoms with Crippen LogP contribution in [-0.2, 0) is 9.59 Å². The molecule has 2 bridgehead atoms. The molecule has 3 aliphatic rings. The van der Waals surface area contributed by atoms with E-state index in [9.17, 15) is 14.4 Å². The highest BCUT2D eigenvalue weighted by Gasteiger charge is 2.58. The molecule has 1 saturated carbocycles. The van der Waals surface area contributed by atoms with E-state index in [0.717, 1.165) is 11.3 Å². The van der Waals surface area contributed by atoms with Gasteiger partial charge in [-0.3, -0.25) is 19.3 Å². The molecule has 2 aliphatic carbocycles. The molecule has 2 fully saturated rings. The molecule has 0 unspecified atom stereocenters. The van der Waals surface area contributed by atoms with Crippen molar-refractivity contribution in [1.82, 2.24) is 10.2 Å². The number of carbonyl (C=O) groups is 3. The van der Waals surface area contributed by atoms with Gasteiger partial charge in [-0.2, -0.15) is 0 Å². The van der Waals surface area contributed by atoms with E-state index in [2.05, 4.69) is 17.5 Å². The van der Waals surface area contributed by atoms with Gasteiger partial charge in [-0.25, -0.2) is 0 Å². The summed E-state index contributed by atoms with van der Waals surface area (Å²) in [6, 6.07) is 3.73. The number of aryl methyl sites for hydroxylation is 1. The minimum Gasteiger partial charge on any atom is -0.351 e. The molecule has 1 aliphatic heterocycles. The van der Waals surface area contributed by atoms with Gasteiger partial charge >= 0.3 is 0 Å². The molecule has 5 nitrogen and oxygen atoms in total. The van der Waals surface area contributed by atoms with Crippen LogP contribution in [0.3, 0.4) is 0 Å². The summed E-state index contributed by atoms with van der Waals surface area (Å²) in [5.41, 5.74) is 0. The first kappa shape index (κ1) is 15.6. The fourth-order valence-corrected chi connectivity index (χ4v) is 5.05. The fraction of sp³-hybridized carbons (Fsp3) is 0.500. The molecule has 0 radical (unpaired) electrons. The minimum atomic E-state index is -0.129. The lowest BCUT2D eigenvalue weighted by molar-refractivity contribution is -0.140. The lowest BCUT2D eigenvalue weighted by Crippen LogP contribution is -2.35. The van der Waals surface area contributed by atoms with Crippen LogP contribution in [0.25, 0.3) is 0 Å². The summed E-state index contributed by atoms with van der Waals surface area (Å²) in [6.45, 7) is 2.83. The molecule has 4 rings (SSSR count). The van der Waals surface area contributed by atoms with Crippen molar-refractivity contribution >= 4 is 29.1 Å². The van der Waals surface area contributed by atoms with Crippen molar-refractivity contribution in [3.05, 3.63) is 34.0 Å². The Balaban J connectivity index is 1.29. The largest absolute Gasteiger partial charge is 0.351 e. The lowest BCUT2D eigenvalue weighted by atomic mass is 9.85. The molecule has 4 atom stereocenters. The maximum Gasteiger partial charge on any atom is 0.261 e. The number of carbonyl (C=O) groups excluding carboxylic acids is 3. The van der Waals surface area contributed by atoms with E-state index in [1.807, 2.05) is 19.1 Å². The number of likely N-dealkylation sites (tertiary alicyclic amines) is 1. The van der Waals surface area contributed by atoms with E-state index in [4.69, 9.17) is 0 Å². The molecule has 1 aromatic heterocycles. The molecule has 126 valence electrons. The third-order valence-electron chi connectivity index (χ3n) is 5.37. The molecule has 0 spiro atoms. The Hall–Kier alpha value is -1.95. The van der Waals surface area contributed by atoms with Crippen LogP contribution in [0.15, 0.2) is 24.3 Å². The van der Waals surface area contributed by atoms with Gasteiger partial charge < -0.3 is 5.32 Å². The number of imide groups is 1. The third-order valence-corrected chi connectivity index (χ3v) is 6.37. The normalized spacial score (nSPS) is 30.3. The van der Waals surface area contributed by atoms with Crippen LogP contribution in [0.5, 0.6) is 0 Å². The van der Waals surface area contributed by atoms with Crippen molar-refractivity contribution in [3.8, 4) is 0 Å². The van der Waals surface area contributed by atoms with Gasteiger partial charge in [0.25, 0.3) is 5.91 Å². The number of thiophene rings is 1. The smallest absolute Gasteiger partial charge is 0.261 e. The number of allylic oxidation sites excluding steroid dienone is 2. The van der Waals surface area contributed by atoms with Crippen molar-refractivity contribution in [2.45, 2.75) is 19.8 Å². The zero-order valence-electron chi connectivity index (χ0n) is 13.5. The quantitative estimate of drug-likeness (QED) is 0.505. The minimum absolute atomic E-state index is 0.0120. The molecule has 2 heterocycles. The van der Waals surface area contributed by atoms with E-state index in [1.165, 1.54) is 16.2 Å². The number of nitrogens with zero attached hydrogens (tertiary/aromatic N) is 1. The summed E-state index contributed by atoms with van der Waals surface area (Å²) in [7, 11) is 0. The molecule has 0 aromatic carbocycles. The number of fused-ring (bicyclic) bond motifs is 5. The molecule has 24 heavy (non-hydrogen) atoms. The van der Waals surface area contributed by atoms with Crippen LogP contribution < -0.4 is 5.32 Å². The Bertz CT molecular complexity index is 708. The first-order valence-electron chi connectivity index (χ1n) is 8.44. The van der Waals surface area contributed by atoms with Crippen LogP contribution in [0.2, 0.25) is 0 Å². The molecular formula is C18H20N2O3S. The van der Waals surface area contributed by atoms with Crippen LogP contribution in [0, 0.1) is 30.6 Å². The van der Waals surface area contributed by atoms with Crippen LogP contribution in [-0.4, -0.2) is 35.7 Å². The van der Waals surface area contributed by atoms with Gasteiger partial charge in [0.05, 0.1) is 16.7 Å². The molecule has 1 saturated heterocycles. The topological polar surface area (TPSA) is 66.5 Å². The van der Waals surface area contributed by atoms with Gasteiger partial charge in [-0.15, -0.1) is 11.3 Å². The van der Waals surface area contributed by atoms with Crippen molar-refractivity contribution in [1.29, 1.82) is 0 Å². The maximum absolute atomic E-state index is 12.5. The Morgan fingerprint density at radius 2 is 1.88 bits per heavy atom. The highest BCUT2D eigenvalue weighted by Crippen LogP contribution is 2.52. The molecular weight excluding hydrogens is 324 g/mol. The SMILES string of the molecule is Cc1ccc(C(=O)NCCCN2C(=O)[C@H]3[C@H](C2=O)[C@H]2C=C[C@H]3C2)s1. The predicted octanol–water partition coefficient (Wildman–Crippen LogP) is 1.98. The summed E-state index contributed by atoms with van der Waals surface area (Å²) in [4.78, 5) is 40.2. The van der Waals surface area contributed by atoms with Gasteiger partial charge in [0.2, 0.25) is 11.8 Å². The van der Waals surface area contributed by atoms with Gasteiger partial charge in [-0.05, 0) is 43.7 Å². The monoisotopic (exact) mass is 344 g/mol. The van der Waals surface area contributed by atoms with E-state index in [0.29, 0.717) is 24.4 Å². The van der Waals surface area contributed by atoms with Crippen LogP contribution >= 0.6 is 11.3 Å². The number of hydrogen-bond acceptors (Lipinski definition) is 4. The summed E-state index contributed by atoms with van der Waals surface area (Å²) >= 11 is 1.46. The van der Waals surface area contributed by atoms with Crippen molar-refractivity contribution < 1.29 is 14.4 Å². The highest BCUT2D eigenvalue weighted by molar-refractivity contribution is 7.13. The number of rotatable bonds is 5. The lowest BCUT2D eigenvalue weighted by Gasteiger charge is -2.17. The zero-order valence-corrected chi connectivity index (χ0v) is 14.3. The van der Waals surface area contributed by atoms with Crippen LogP contribution in [0.4, 0.5) is 0 Å². The predicted molar refractivity (Wildman–Crippen MR) is 90.4 cm³/mol. The highest BCUT2D eigenvalue weighted by atomic mass is 32.1. The van der Waals surface area contributed by atoms with Gasteiger partial charge in [0.1, 0.15) is 0 Å². The van der Waals surface area contributed by atoms with E-state index >= 15 is 0 Å². The van der Waals surface area contributed by atoms with Crippen molar-refractivity contribution in [3.63, 3.8) is 0 Å². The number of nitrogens with one attached hydrogen (secondary N) is 1. The molecule has 3 amide bonds. The number of hydrogen-bond donors (Lipinski definition) is 1.